The van der Waals surface area contributed by atoms with Gasteiger partial charge in [-0.15, -0.1) is 35.3 Å². The number of halogens is 1. The Morgan fingerprint density at radius 2 is 2.18 bits per heavy atom. The number of fused-ring (bicyclic) bond motifs is 1. The molecule has 154 valence electrons. The number of ether oxygens (including phenoxy) is 1. The summed E-state index contributed by atoms with van der Waals surface area (Å²) < 4.78 is 6.17. The maximum Gasteiger partial charge on any atom is 0.310 e. The highest BCUT2D eigenvalue weighted by molar-refractivity contribution is 14.0. The summed E-state index contributed by atoms with van der Waals surface area (Å²) in [6.45, 7) is 7.20. The number of hydrogen-bond donors (Lipinski definition) is 1. The summed E-state index contributed by atoms with van der Waals surface area (Å²) in [5.41, 5.74) is 1.08. The van der Waals surface area contributed by atoms with E-state index < -0.39 is 0 Å². The minimum absolute atomic E-state index is 0. The number of benzene rings is 1. The Morgan fingerprint density at radius 1 is 1.39 bits per heavy atom. The molecule has 28 heavy (non-hydrogen) atoms. The van der Waals surface area contributed by atoms with Crippen LogP contribution in [0.15, 0.2) is 29.3 Å². The van der Waals surface area contributed by atoms with Crippen molar-refractivity contribution in [3.63, 3.8) is 0 Å². The standard InChI is InChI=1S/C20H28N4O2S.HI/c1-4-21-20(24-12-14(2)15(13-24)19(25)26-3)22-11-7-10-18-23-16-8-5-6-9-17(16)27-18;/h5-6,8-9,14-15H,4,7,10-13H2,1-3H3,(H,21,22);1H. The first-order chi connectivity index (χ1) is 13.1. The van der Waals surface area contributed by atoms with Gasteiger partial charge in [0.05, 0.1) is 28.3 Å². The van der Waals surface area contributed by atoms with Crippen LogP contribution in [-0.4, -0.2) is 55.1 Å². The number of rotatable bonds is 6. The highest BCUT2D eigenvalue weighted by Crippen LogP contribution is 2.24. The number of carbonyl (C=O) groups is 1. The molecule has 1 saturated heterocycles. The van der Waals surface area contributed by atoms with E-state index in [-0.39, 0.29) is 41.8 Å². The molecule has 0 amide bonds. The number of guanidine groups is 1. The largest absolute Gasteiger partial charge is 0.469 e. The smallest absolute Gasteiger partial charge is 0.310 e. The van der Waals surface area contributed by atoms with Crippen LogP contribution in [0, 0.1) is 11.8 Å². The Labute approximate surface area is 187 Å². The van der Waals surface area contributed by atoms with E-state index in [9.17, 15) is 4.79 Å². The SMILES string of the molecule is CCNC(=NCCCc1nc2ccccc2s1)N1CC(C)C(C(=O)OC)C1.I. The van der Waals surface area contributed by atoms with Crippen molar-refractivity contribution in [2.75, 3.05) is 33.3 Å². The van der Waals surface area contributed by atoms with Crippen molar-refractivity contribution in [1.29, 1.82) is 0 Å². The van der Waals surface area contributed by atoms with Crippen molar-refractivity contribution >= 4 is 57.5 Å². The maximum atomic E-state index is 11.9. The first kappa shape index (κ1) is 22.9. The van der Waals surface area contributed by atoms with E-state index in [2.05, 4.69) is 47.2 Å². The molecule has 0 spiro atoms. The van der Waals surface area contributed by atoms with Crippen molar-refractivity contribution in [1.82, 2.24) is 15.2 Å². The first-order valence-corrected chi connectivity index (χ1v) is 10.4. The quantitative estimate of drug-likeness (QED) is 0.209. The summed E-state index contributed by atoms with van der Waals surface area (Å²) in [6, 6.07) is 8.25. The number of nitrogens with zero attached hydrogens (tertiary/aromatic N) is 3. The zero-order valence-electron chi connectivity index (χ0n) is 16.7. The summed E-state index contributed by atoms with van der Waals surface area (Å²) in [6.07, 6.45) is 1.89. The first-order valence-electron chi connectivity index (χ1n) is 9.58. The second-order valence-corrected chi connectivity index (χ2v) is 8.04. The lowest BCUT2D eigenvalue weighted by Gasteiger charge is -2.21. The van der Waals surface area contributed by atoms with Crippen molar-refractivity contribution in [3.8, 4) is 0 Å². The van der Waals surface area contributed by atoms with E-state index in [1.807, 2.05) is 6.07 Å². The monoisotopic (exact) mass is 516 g/mol. The van der Waals surface area contributed by atoms with Gasteiger partial charge in [-0.2, -0.15) is 0 Å². The number of aromatic nitrogens is 1. The maximum absolute atomic E-state index is 11.9. The van der Waals surface area contributed by atoms with Gasteiger partial charge in [0.25, 0.3) is 0 Å². The fraction of sp³-hybridized carbons (Fsp3) is 0.550. The fourth-order valence-corrected chi connectivity index (χ4v) is 4.47. The van der Waals surface area contributed by atoms with Gasteiger partial charge in [0.1, 0.15) is 0 Å². The van der Waals surface area contributed by atoms with Crippen LogP contribution < -0.4 is 5.32 Å². The number of thiazole rings is 1. The molecule has 2 heterocycles. The zero-order chi connectivity index (χ0) is 19.2. The molecule has 1 aromatic heterocycles. The molecule has 2 atom stereocenters. The van der Waals surface area contributed by atoms with E-state index in [0.29, 0.717) is 6.54 Å². The van der Waals surface area contributed by atoms with E-state index in [4.69, 9.17) is 9.73 Å². The van der Waals surface area contributed by atoms with Gasteiger partial charge in [-0.1, -0.05) is 19.1 Å². The number of likely N-dealkylation sites (tertiary alicyclic amines) is 1. The number of methoxy groups -OCH3 is 1. The number of para-hydroxylation sites is 1. The summed E-state index contributed by atoms with van der Waals surface area (Å²) >= 11 is 1.76. The molecular weight excluding hydrogens is 487 g/mol. The van der Waals surface area contributed by atoms with Gasteiger partial charge in [-0.3, -0.25) is 9.79 Å². The molecule has 0 radical (unpaired) electrons. The highest BCUT2D eigenvalue weighted by atomic mass is 127. The third-order valence-electron chi connectivity index (χ3n) is 4.90. The molecule has 8 heteroatoms. The summed E-state index contributed by atoms with van der Waals surface area (Å²) in [7, 11) is 1.46. The average Bonchev–Trinajstić information content (AvgIpc) is 3.26. The van der Waals surface area contributed by atoms with Crippen LogP contribution in [0.3, 0.4) is 0 Å². The highest BCUT2D eigenvalue weighted by Gasteiger charge is 2.36. The molecular formula is C20H29IN4O2S. The number of aliphatic imine (C=N–C) groups is 1. The van der Waals surface area contributed by atoms with Crippen LogP contribution in [-0.2, 0) is 16.0 Å². The molecule has 1 aromatic carbocycles. The topological polar surface area (TPSA) is 66.8 Å². The van der Waals surface area contributed by atoms with Gasteiger partial charge >= 0.3 is 5.97 Å². The molecule has 2 aromatic rings. The normalized spacial score (nSPS) is 19.5. The van der Waals surface area contributed by atoms with Crippen LogP contribution in [0.1, 0.15) is 25.3 Å². The molecule has 1 N–H and O–H groups in total. The van der Waals surface area contributed by atoms with Gasteiger partial charge in [0.2, 0.25) is 0 Å². The minimum Gasteiger partial charge on any atom is -0.469 e. The van der Waals surface area contributed by atoms with E-state index >= 15 is 0 Å². The second-order valence-electron chi connectivity index (χ2n) is 6.93. The minimum atomic E-state index is -0.128. The van der Waals surface area contributed by atoms with Gasteiger partial charge < -0.3 is 15.0 Å². The van der Waals surface area contributed by atoms with Crippen LogP contribution in [0.5, 0.6) is 0 Å². The van der Waals surface area contributed by atoms with E-state index in [1.54, 1.807) is 11.3 Å². The van der Waals surface area contributed by atoms with Crippen molar-refractivity contribution in [3.05, 3.63) is 29.3 Å². The lowest BCUT2D eigenvalue weighted by atomic mass is 9.99. The second kappa shape index (κ2) is 10.9. The molecule has 2 unspecified atom stereocenters. The van der Waals surface area contributed by atoms with E-state index in [0.717, 1.165) is 49.0 Å². The summed E-state index contributed by atoms with van der Waals surface area (Å²) in [5, 5.41) is 4.52. The average molecular weight is 516 g/mol. The molecule has 1 fully saturated rings. The lowest BCUT2D eigenvalue weighted by molar-refractivity contribution is -0.145. The summed E-state index contributed by atoms with van der Waals surface area (Å²) in [4.78, 5) is 23.6. The Kier molecular flexibility index (Phi) is 8.94. The molecule has 6 nitrogen and oxygen atoms in total. The van der Waals surface area contributed by atoms with Gasteiger partial charge in [-0.05, 0) is 31.4 Å². The number of esters is 1. The Hall–Kier alpha value is -1.42. The third kappa shape index (κ3) is 5.56. The van der Waals surface area contributed by atoms with Gasteiger partial charge in [0.15, 0.2) is 5.96 Å². The fourth-order valence-electron chi connectivity index (χ4n) is 3.47. The van der Waals surface area contributed by atoms with Gasteiger partial charge in [0, 0.05) is 32.6 Å². The van der Waals surface area contributed by atoms with Gasteiger partial charge in [-0.25, -0.2) is 4.98 Å². The molecule has 0 bridgehead atoms. The van der Waals surface area contributed by atoms with Crippen LogP contribution in [0.2, 0.25) is 0 Å². The zero-order valence-corrected chi connectivity index (χ0v) is 19.8. The van der Waals surface area contributed by atoms with Crippen molar-refractivity contribution < 1.29 is 9.53 Å². The molecule has 3 rings (SSSR count). The Bertz CT molecular complexity index is 777. The Balaban J connectivity index is 0.00000280. The van der Waals surface area contributed by atoms with Crippen LogP contribution >= 0.6 is 35.3 Å². The number of aryl methyl sites for hydroxylation is 1. The van der Waals surface area contributed by atoms with Crippen molar-refractivity contribution in [2.45, 2.75) is 26.7 Å². The number of carbonyl (C=O) groups excluding carboxylic acids is 1. The van der Waals surface area contributed by atoms with Crippen LogP contribution in [0.25, 0.3) is 10.2 Å². The van der Waals surface area contributed by atoms with Crippen molar-refractivity contribution in [2.24, 2.45) is 16.8 Å². The predicted octanol–water partition coefficient (Wildman–Crippen LogP) is 3.55. The van der Waals surface area contributed by atoms with E-state index in [1.165, 1.54) is 11.8 Å². The molecule has 0 aliphatic carbocycles. The molecule has 0 saturated carbocycles. The molecule has 1 aliphatic heterocycles. The summed E-state index contributed by atoms with van der Waals surface area (Å²) in [5.74, 6) is 0.947. The molecule has 1 aliphatic rings. The Morgan fingerprint density at radius 3 is 2.89 bits per heavy atom. The predicted molar refractivity (Wildman–Crippen MR) is 126 cm³/mol. The number of hydrogen-bond acceptors (Lipinski definition) is 5. The van der Waals surface area contributed by atoms with Crippen LogP contribution in [0.4, 0.5) is 0 Å². The number of nitrogens with one attached hydrogen (secondary N) is 1. The third-order valence-corrected chi connectivity index (χ3v) is 6.00. The lowest BCUT2D eigenvalue weighted by Crippen LogP contribution is -2.40.